The van der Waals surface area contributed by atoms with Gasteiger partial charge in [0.2, 0.25) is 12.5 Å². The summed E-state index contributed by atoms with van der Waals surface area (Å²) < 4.78 is 17.2. The molecule has 2 aliphatic rings. The first-order valence-electron chi connectivity index (χ1n) is 9.06. The van der Waals surface area contributed by atoms with Crippen LogP contribution in [0.4, 0.5) is 0 Å². The number of methoxy groups -OCH3 is 1. The zero-order valence-electron chi connectivity index (χ0n) is 15.3. The Bertz CT molecular complexity index is 1010. The summed E-state index contributed by atoms with van der Waals surface area (Å²) in [6.07, 6.45) is 3.16. The molecule has 3 heterocycles. The molecule has 2 aromatic carbocycles. The van der Waals surface area contributed by atoms with Gasteiger partial charge in [0.15, 0.2) is 11.5 Å². The van der Waals surface area contributed by atoms with E-state index in [0.29, 0.717) is 0 Å². The molecule has 0 spiro atoms. The number of quaternary nitrogens is 1. The average molecular weight is 351 g/mol. The minimum absolute atomic E-state index is 0.193. The molecule has 5 heteroatoms. The van der Waals surface area contributed by atoms with Gasteiger partial charge in [-0.25, -0.2) is 0 Å². The molecule has 0 fully saturated rings. The molecule has 1 aromatic heterocycles. The maximum Gasteiger partial charge on any atom is 0.231 e. The topological polar surface area (TPSA) is 47.9 Å². The maximum absolute atomic E-state index is 5.84. The number of benzene rings is 2. The summed E-state index contributed by atoms with van der Waals surface area (Å²) in [5.74, 6) is 2.36. The first kappa shape index (κ1) is 15.6. The van der Waals surface area contributed by atoms with Gasteiger partial charge in [0.25, 0.3) is 0 Å². The molecule has 134 valence electrons. The van der Waals surface area contributed by atoms with Gasteiger partial charge in [0.05, 0.1) is 26.3 Å². The van der Waals surface area contributed by atoms with Crippen LogP contribution in [-0.2, 0) is 6.42 Å². The third-order valence-corrected chi connectivity index (χ3v) is 5.70. The Labute approximate surface area is 152 Å². The van der Waals surface area contributed by atoms with Gasteiger partial charge in [-0.15, -0.1) is 0 Å². The van der Waals surface area contributed by atoms with Crippen molar-refractivity contribution < 1.29 is 19.1 Å². The molecule has 0 radical (unpaired) electrons. The van der Waals surface area contributed by atoms with Gasteiger partial charge in [0, 0.05) is 29.1 Å². The molecule has 0 amide bonds. The van der Waals surface area contributed by atoms with E-state index in [2.05, 4.69) is 49.4 Å². The highest BCUT2D eigenvalue weighted by Crippen LogP contribution is 2.48. The molecule has 0 bridgehead atoms. The lowest BCUT2D eigenvalue weighted by atomic mass is 9.87. The van der Waals surface area contributed by atoms with Crippen LogP contribution in [0.5, 0.6) is 17.2 Å². The van der Waals surface area contributed by atoms with Crippen LogP contribution in [0.1, 0.15) is 28.3 Å². The van der Waals surface area contributed by atoms with Crippen molar-refractivity contribution in [3.05, 3.63) is 52.7 Å². The average Bonchev–Trinajstić information content (AvgIpc) is 3.26. The molecule has 5 rings (SSSR count). The highest BCUT2D eigenvalue weighted by molar-refractivity contribution is 5.85. The first-order chi connectivity index (χ1) is 12.7. The Hall–Kier alpha value is -2.66. The van der Waals surface area contributed by atoms with Crippen LogP contribution >= 0.6 is 0 Å². The quantitative estimate of drug-likeness (QED) is 0.745. The van der Waals surface area contributed by atoms with E-state index in [1.807, 2.05) is 0 Å². The minimum Gasteiger partial charge on any atom is -0.492 e. The molecule has 3 aromatic rings. The molecule has 0 saturated heterocycles. The Morgan fingerprint density at radius 3 is 2.96 bits per heavy atom. The molecule has 1 unspecified atom stereocenters. The SMILES string of the molecule is COc1c2c(cc3c1[C@H](c1c[nH]c4ccc(C)cc14)[NH+](C)CC3)OCO2. The molecule has 2 atom stereocenters. The van der Waals surface area contributed by atoms with E-state index in [1.165, 1.54) is 38.1 Å². The predicted molar refractivity (Wildman–Crippen MR) is 99.5 cm³/mol. The van der Waals surface area contributed by atoms with Crippen molar-refractivity contribution in [3.8, 4) is 17.2 Å². The van der Waals surface area contributed by atoms with Crippen LogP contribution in [0.3, 0.4) is 0 Å². The number of aryl methyl sites for hydroxylation is 1. The predicted octanol–water partition coefficient (Wildman–Crippen LogP) is 2.37. The number of fused-ring (bicyclic) bond motifs is 3. The van der Waals surface area contributed by atoms with Gasteiger partial charge in [-0.1, -0.05) is 11.6 Å². The summed E-state index contributed by atoms with van der Waals surface area (Å²) in [5, 5.41) is 1.28. The maximum atomic E-state index is 5.84. The number of aromatic amines is 1. The molecule has 2 N–H and O–H groups in total. The fourth-order valence-electron chi connectivity index (χ4n) is 4.44. The molecular weight excluding hydrogens is 328 g/mol. The molecule has 0 saturated carbocycles. The molecular formula is C21H23N2O3+. The fraction of sp³-hybridized carbons (Fsp3) is 0.333. The van der Waals surface area contributed by atoms with Gasteiger partial charge in [0.1, 0.15) is 6.04 Å². The number of hydrogen-bond donors (Lipinski definition) is 2. The minimum atomic E-state index is 0.193. The molecule has 0 aliphatic carbocycles. The third kappa shape index (κ3) is 2.13. The lowest BCUT2D eigenvalue weighted by molar-refractivity contribution is -0.908. The number of hydrogen-bond acceptors (Lipinski definition) is 3. The second-order valence-corrected chi connectivity index (χ2v) is 7.29. The zero-order valence-corrected chi connectivity index (χ0v) is 15.3. The summed E-state index contributed by atoms with van der Waals surface area (Å²) in [6.45, 7) is 3.47. The van der Waals surface area contributed by atoms with E-state index < -0.39 is 0 Å². The summed E-state index contributed by atoms with van der Waals surface area (Å²) in [6, 6.07) is 8.90. The summed E-state index contributed by atoms with van der Waals surface area (Å²) in [4.78, 5) is 4.90. The number of rotatable bonds is 2. The smallest absolute Gasteiger partial charge is 0.231 e. The van der Waals surface area contributed by atoms with Gasteiger partial charge in [-0.05, 0) is 30.7 Å². The van der Waals surface area contributed by atoms with Crippen LogP contribution in [-0.4, -0.2) is 32.5 Å². The lowest BCUT2D eigenvalue weighted by Crippen LogP contribution is -3.10. The van der Waals surface area contributed by atoms with Gasteiger partial charge in [-0.3, -0.25) is 0 Å². The monoisotopic (exact) mass is 351 g/mol. The van der Waals surface area contributed by atoms with Crippen molar-refractivity contribution in [1.29, 1.82) is 0 Å². The van der Waals surface area contributed by atoms with Crippen LogP contribution in [0.25, 0.3) is 10.9 Å². The van der Waals surface area contributed by atoms with E-state index >= 15 is 0 Å². The van der Waals surface area contributed by atoms with Crippen molar-refractivity contribution in [3.63, 3.8) is 0 Å². The number of nitrogens with one attached hydrogen (secondary N) is 2. The van der Waals surface area contributed by atoms with E-state index in [0.717, 1.165) is 30.2 Å². The number of aromatic nitrogens is 1. The van der Waals surface area contributed by atoms with Crippen molar-refractivity contribution >= 4 is 10.9 Å². The van der Waals surface area contributed by atoms with Crippen LogP contribution in [0, 0.1) is 6.92 Å². The standard InChI is InChI=1S/C21H22N2O3/c1-12-4-5-16-14(8-12)15(10-22-16)19-18-13(6-7-23(19)2)9-17-20(21(18)24-3)26-11-25-17/h4-5,8-10,19,22H,6-7,11H2,1-3H3/p+1/t19-/m0/s1. The number of likely N-dealkylation sites (N-methyl/N-ethyl adjacent to an activating group) is 1. The van der Waals surface area contributed by atoms with Crippen molar-refractivity contribution in [2.75, 3.05) is 27.5 Å². The van der Waals surface area contributed by atoms with Crippen molar-refractivity contribution in [2.24, 2.45) is 0 Å². The largest absolute Gasteiger partial charge is 0.492 e. The van der Waals surface area contributed by atoms with Crippen molar-refractivity contribution in [1.82, 2.24) is 4.98 Å². The van der Waals surface area contributed by atoms with Crippen LogP contribution in [0.15, 0.2) is 30.5 Å². The number of H-pyrrole nitrogens is 1. The number of ether oxygens (including phenoxy) is 3. The highest BCUT2D eigenvalue weighted by Gasteiger charge is 2.38. The van der Waals surface area contributed by atoms with Crippen LogP contribution in [0.2, 0.25) is 0 Å². The molecule has 2 aliphatic heterocycles. The summed E-state index contributed by atoms with van der Waals surface area (Å²) in [5.41, 5.74) is 6.26. The second kappa shape index (κ2) is 5.68. The van der Waals surface area contributed by atoms with Crippen LogP contribution < -0.4 is 19.1 Å². The Morgan fingerprint density at radius 1 is 1.23 bits per heavy atom. The summed E-state index contributed by atoms with van der Waals surface area (Å²) >= 11 is 0. The fourth-order valence-corrected chi connectivity index (χ4v) is 4.44. The zero-order chi connectivity index (χ0) is 17.8. The van der Waals surface area contributed by atoms with Gasteiger partial charge < -0.3 is 24.1 Å². The van der Waals surface area contributed by atoms with Gasteiger partial charge in [-0.2, -0.15) is 0 Å². The Morgan fingerprint density at radius 2 is 2.12 bits per heavy atom. The second-order valence-electron chi connectivity index (χ2n) is 7.29. The first-order valence-corrected chi connectivity index (χ1v) is 9.06. The van der Waals surface area contributed by atoms with E-state index in [9.17, 15) is 0 Å². The van der Waals surface area contributed by atoms with E-state index in [1.54, 1.807) is 7.11 Å². The molecule has 5 nitrogen and oxygen atoms in total. The van der Waals surface area contributed by atoms with E-state index in [4.69, 9.17) is 14.2 Å². The van der Waals surface area contributed by atoms with E-state index in [-0.39, 0.29) is 12.8 Å². The summed E-state index contributed by atoms with van der Waals surface area (Å²) in [7, 11) is 3.98. The molecule has 26 heavy (non-hydrogen) atoms. The van der Waals surface area contributed by atoms with Gasteiger partial charge >= 0.3 is 0 Å². The Kier molecular flexibility index (Phi) is 3.40. The lowest BCUT2D eigenvalue weighted by Gasteiger charge is -2.33. The third-order valence-electron chi connectivity index (χ3n) is 5.70. The Balaban J connectivity index is 1.77. The highest BCUT2D eigenvalue weighted by atomic mass is 16.7. The normalized spacial score (nSPS) is 21.0. The van der Waals surface area contributed by atoms with Crippen molar-refractivity contribution in [2.45, 2.75) is 19.4 Å².